The van der Waals surface area contributed by atoms with Crippen LogP contribution in [0.2, 0.25) is 0 Å². The van der Waals surface area contributed by atoms with Gasteiger partial charge in [-0.15, -0.1) is 0 Å². The van der Waals surface area contributed by atoms with Gasteiger partial charge in [-0.05, 0) is 44.7 Å². The van der Waals surface area contributed by atoms with Gasteiger partial charge in [0.05, 0.1) is 17.5 Å². The minimum Gasteiger partial charge on any atom is -0.396 e. The number of carbonyl (C=O) groups is 1. The summed E-state index contributed by atoms with van der Waals surface area (Å²) in [6.45, 7) is 2.55. The number of nitrogens with zero attached hydrogens (tertiary/aromatic N) is 3. The lowest BCUT2D eigenvalue weighted by molar-refractivity contribution is 0.0736. The van der Waals surface area contributed by atoms with Gasteiger partial charge in [-0.2, -0.15) is 5.10 Å². The zero-order valence-corrected chi connectivity index (χ0v) is 13.8. The number of aromatic nitrogens is 2. The molecule has 0 saturated heterocycles. The van der Waals surface area contributed by atoms with Crippen molar-refractivity contribution in [3.05, 3.63) is 47.5 Å². The molecule has 0 bridgehead atoms. The first-order chi connectivity index (χ1) is 11.6. The summed E-state index contributed by atoms with van der Waals surface area (Å²) in [5, 5.41) is 13.2. The van der Waals surface area contributed by atoms with E-state index in [9.17, 15) is 9.18 Å². The summed E-state index contributed by atoms with van der Waals surface area (Å²) in [5.41, 5.74) is 1.49. The van der Waals surface area contributed by atoms with Crippen molar-refractivity contribution in [1.82, 2.24) is 14.7 Å². The van der Waals surface area contributed by atoms with Crippen LogP contribution in [0.15, 0.2) is 30.5 Å². The third-order valence-corrected chi connectivity index (χ3v) is 4.38. The average molecular weight is 331 g/mol. The van der Waals surface area contributed by atoms with E-state index in [1.54, 1.807) is 25.1 Å². The molecular formula is C18H22FN3O2. The SMILES string of the molecule is Cc1c(C(=O)N(CCCCO)C2CC2)cnn1-c1ccccc1F. The molecule has 3 rings (SSSR count). The van der Waals surface area contributed by atoms with E-state index >= 15 is 0 Å². The van der Waals surface area contributed by atoms with Crippen LogP contribution in [0.3, 0.4) is 0 Å². The number of amides is 1. The Morgan fingerprint density at radius 1 is 1.38 bits per heavy atom. The monoisotopic (exact) mass is 331 g/mol. The third kappa shape index (κ3) is 3.33. The molecule has 0 radical (unpaired) electrons. The van der Waals surface area contributed by atoms with Crippen LogP contribution >= 0.6 is 0 Å². The lowest BCUT2D eigenvalue weighted by Gasteiger charge is -2.22. The van der Waals surface area contributed by atoms with Crippen molar-refractivity contribution < 1.29 is 14.3 Å². The molecule has 0 atom stereocenters. The smallest absolute Gasteiger partial charge is 0.257 e. The van der Waals surface area contributed by atoms with Crippen molar-refractivity contribution in [3.8, 4) is 5.69 Å². The highest BCUT2D eigenvalue weighted by Gasteiger charge is 2.34. The highest BCUT2D eigenvalue weighted by atomic mass is 19.1. The van der Waals surface area contributed by atoms with E-state index in [-0.39, 0.29) is 24.4 Å². The van der Waals surface area contributed by atoms with E-state index < -0.39 is 0 Å². The van der Waals surface area contributed by atoms with Crippen molar-refractivity contribution in [2.45, 2.75) is 38.6 Å². The maximum Gasteiger partial charge on any atom is 0.257 e. The number of aliphatic hydroxyl groups is 1. The van der Waals surface area contributed by atoms with E-state index in [1.165, 1.54) is 16.9 Å². The molecule has 1 heterocycles. The Labute approximate surface area is 140 Å². The predicted octanol–water partition coefficient (Wildman–Crippen LogP) is 2.70. The quantitative estimate of drug-likeness (QED) is 0.794. The van der Waals surface area contributed by atoms with Crippen LogP contribution in [-0.4, -0.2) is 44.9 Å². The number of rotatable bonds is 7. The van der Waals surface area contributed by atoms with Gasteiger partial charge in [0.15, 0.2) is 0 Å². The first-order valence-electron chi connectivity index (χ1n) is 8.35. The Bertz CT molecular complexity index is 725. The first kappa shape index (κ1) is 16.6. The number of para-hydroxylation sites is 1. The summed E-state index contributed by atoms with van der Waals surface area (Å²) in [6.07, 6.45) is 5.02. The van der Waals surface area contributed by atoms with Gasteiger partial charge in [0, 0.05) is 19.2 Å². The van der Waals surface area contributed by atoms with Crippen LogP contribution in [0.5, 0.6) is 0 Å². The van der Waals surface area contributed by atoms with E-state index in [4.69, 9.17) is 5.11 Å². The fourth-order valence-electron chi connectivity index (χ4n) is 2.87. The fraction of sp³-hybridized carbons (Fsp3) is 0.444. The second-order valence-corrected chi connectivity index (χ2v) is 6.17. The second-order valence-electron chi connectivity index (χ2n) is 6.17. The lowest BCUT2D eigenvalue weighted by atomic mass is 10.2. The summed E-state index contributed by atoms with van der Waals surface area (Å²) in [4.78, 5) is 14.8. The van der Waals surface area contributed by atoms with Crippen LogP contribution in [0.25, 0.3) is 5.69 Å². The van der Waals surface area contributed by atoms with Crippen molar-refractivity contribution in [1.29, 1.82) is 0 Å². The number of hydrogen-bond donors (Lipinski definition) is 1. The van der Waals surface area contributed by atoms with Gasteiger partial charge in [0.1, 0.15) is 11.5 Å². The van der Waals surface area contributed by atoms with Gasteiger partial charge in [-0.25, -0.2) is 9.07 Å². The Balaban J connectivity index is 1.84. The zero-order chi connectivity index (χ0) is 17.1. The molecular weight excluding hydrogens is 309 g/mol. The van der Waals surface area contributed by atoms with Gasteiger partial charge in [0.2, 0.25) is 0 Å². The first-order valence-corrected chi connectivity index (χ1v) is 8.35. The maximum absolute atomic E-state index is 14.0. The van der Waals surface area contributed by atoms with Crippen LogP contribution in [0.4, 0.5) is 4.39 Å². The fourth-order valence-corrected chi connectivity index (χ4v) is 2.87. The highest BCUT2D eigenvalue weighted by molar-refractivity contribution is 5.95. The van der Waals surface area contributed by atoms with Crippen LogP contribution < -0.4 is 0 Å². The zero-order valence-electron chi connectivity index (χ0n) is 13.8. The Morgan fingerprint density at radius 3 is 2.79 bits per heavy atom. The number of aliphatic hydroxyl groups excluding tert-OH is 1. The summed E-state index contributed by atoms with van der Waals surface area (Å²) >= 11 is 0. The molecule has 128 valence electrons. The van der Waals surface area contributed by atoms with Crippen molar-refractivity contribution in [3.63, 3.8) is 0 Å². The number of benzene rings is 1. The number of carbonyl (C=O) groups excluding carboxylic acids is 1. The highest BCUT2D eigenvalue weighted by Crippen LogP contribution is 2.29. The third-order valence-electron chi connectivity index (χ3n) is 4.38. The molecule has 0 unspecified atom stereocenters. The van der Waals surface area contributed by atoms with Crippen molar-refractivity contribution >= 4 is 5.91 Å². The number of unbranched alkanes of at least 4 members (excludes halogenated alkanes) is 1. The van der Waals surface area contributed by atoms with Crippen LogP contribution in [0.1, 0.15) is 41.7 Å². The van der Waals surface area contributed by atoms with Gasteiger partial charge in [0.25, 0.3) is 5.91 Å². The largest absolute Gasteiger partial charge is 0.396 e. The molecule has 1 N–H and O–H groups in total. The van der Waals surface area contributed by atoms with E-state index in [0.29, 0.717) is 29.9 Å². The van der Waals surface area contributed by atoms with Crippen LogP contribution in [0, 0.1) is 12.7 Å². The molecule has 1 aromatic heterocycles. The van der Waals surface area contributed by atoms with E-state index in [2.05, 4.69) is 5.10 Å². The molecule has 24 heavy (non-hydrogen) atoms. The molecule has 2 aromatic rings. The summed E-state index contributed by atoms with van der Waals surface area (Å²) in [5.74, 6) is -0.430. The van der Waals surface area contributed by atoms with Crippen LogP contribution in [-0.2, 0) is 0 Å². The van der Waals surface area contributed by atoms with Gasteiger partial charge in [-0.3, -0.25) is 4.79 Å². The molecule has 1 aliphatic carbocycles. The topological polar surface area (TPSA) is 58.4 Å². The van der Waals surface area contributed by atoms with Crippen molar-refractivity contribution in [2.24, 2.45) is 0 Å². The number of halogens is 1. The minimum atomic E-state index is -0.371. The Hall–Kier alpha value is -2.21. The standard InChI is InChI=1S/C18H22FN3O2/c1-13-15(12-20-22(13)17-7-3-2-6-16(17)19)18(24)21(14-8-9-14)10-4-5-11-23/h2-3,6-7,12,14,23H,4-5,8-11H2,1H3. The molecule has 1 fully saturated rings. The summed E-state index contributed by atoms with van der Waals surface area (Å²) in [7, 11) is 0. The molecule has 1 saturated carbocycles. The second kappa shape index (κ2) is 7.13. The van der Waals surface area contributed by atoms with E-state index in [0.717, 1.165) is 19.3 Å². The molecule has 6 heteroatoms. The molecule has 1 aliphatic rings. The number of hydrogen-bond acceptors (Lipinski definition) is 3. The Kier molecular flexibility index (Phi) is 4.94. The van der Waals surface area contributed by atoms with Crippen molar-refractivity contribution in [2.75, 3.05) is 13.2 Å². The molecule has 0 spiro atoms. The minimum absolute atomic E-state index is 0.0597. The molecule has 0 aliphatic heterocycles. The molecule has 1 amide bonds. The molecule has 5 nitrogen and oxygen atoms in total. The molecule has 1 aromatic carbocycles. The summed E-state index contributed by atoms with van der Waals surface area (Å²) < 4.78 is 15.5. The van der Waals surface area contributed by atoms with Gasteiger partial charge >= 0.3 is 0 Å². The normalized spacial score (nSPS) is 14.0. The Morgan fingerprint density at radius 2 is 2.12 bits per heavy atom. The van der Waals surface area contributed by atoms with E-state index in [1.807, 2.05) is 4.90 Å². The van der Waals surface area contributed by atoms with Gasteiger partial charge < -0.3 is 10.0 Å². The lowest BCUT2D eigenvalue weighted by Crippen LogP contribution is -2.34. The average Bonchev–Trinajstić information content (AvgIpc) is 3.34. The summed E-state index contributed by atoms with van der Waals surface area (Å²) in [6, 6.07) is 6.67. The van der Waals surface area contributed by atoms with Gasteiger partial charge in [-0.1, -0.05) is 12.1 Å². The predicted molar refractivity (Wildman–Crippen MR) is 88.6 cm³/mol. The maximum atomic E-state index is 14.0.